The summed E-state index contributed by atoms with van der Waals surface area (Å²) in [5.41, 5.74) is 1.51. The first kappa shape index (κ1) is 17.6. The number of pyridine rings is 1. The van der Waals surface area contributed by atoms with Gasteiger partial charge in [0.05, 0.1) is 36.1 Å². The van der Waals surface area contributed by atoms with Crippen LogP contribution in [0.2, 0.25) is 0 Å². The van der Waals surface area contributed by atoms with Crippen LogP contribution in [0.1, 0.15) is 16.1 Å². The average molecular weight is 358 g/mol. The number of hydrogen-bond donors (Lipinski definition) is 2. The highest BCUT2D eigenvalue weighted by molar-refractivity contribution is 6.07. The highest BCUT2D eigenvalue weighted by Crippen LogP contribution is 2.27. The molecule has 0 bridgehead atoms. The number of amides is 2. The molecule has 0 spiro atoms. The van der Waals surface area contributed by atoms with E-state index >= 15 is 0 Å². The SMILES string of the molecule is COCCNC(=O)CNC(=O)c1cc(-c2ccco2)nc2onc(C)c12. The van der Waals surface area contributed by atoms with Gasteiger partial charge in [0, 0.05) is 13.7 Å². The molecule has 0 fully saturated rings. The quantitative estimate of drug-likeness (QED) is 0.611. The van der Waals surface area contributed by atoms with Gasteiger partial charge in [-0.25, -0.2) is 4.98 Å². The number of aromatic nitrogens is 2. The lowest BCUT2D eigenvalue weighted by atomic mass is 10.1. The summed E-state index contributed by atoms with van der Waals surface area (Å²) in [5.74, 6) is -0.250. The Bertz CT molecular complexity index is 917. The molecule has 2 N–H and O–H groups in total. The van der Waals surface area contributed by atoms with Gasteiger partial charge in [-0.15, -0.1) is 0 Å². The Balaban J connectivity index is 1.82. The molecule has 26 heavy (non-hydrogen) atoms. The third kappa shape index (κ3) is 3.72. The highest BCUT2D eigenvalue weighted by Gasteiger charge is 2.20. The minimum absolute atomic E-state index is 0.160. The lowest BCUT2D eigenvalue weighted by Gasteiger charge is -2.08. The fourth-order valence-corrected chi connectivity index (χ4v) is 2.44. The zero-order valence-electron chi connectivity index (χ0n) is 14.4. The molecule has 2 amide bonds. The van der Waals surface area contributed by atoms with E-state index < -0.39 is 5.91 Å². The van der Waals surface area contributed by atoms with Crippen LogP contribution in [-0.2, 0) is 9.53 Å². The van der Waals surface area contributed by atoms with Crippen molar-refractivity contribution >= 4 is 22.9 Å². The molecule has 0 saturated carbocycles. The third-order valence-electron chi connectivity index (χ3n) is 3.67. The molecule has 9 nitrogen and oxygen atoms in total. The Hall–Kier alpha value is -3.20. The van der Waals surface area contributed by atoms with E-state index in [1.165, 1.54) is 6.26 Å². The predicted molar refractivity (Wildman–Crippen MR) is 91.5 cm³/mol. The molecular formula is C17H18N4O5. The maximum atomic E-state index is 12.6. The highest BCUT2D eigenvalue weighted by atomic mass is 16.5. The first-order valence-electron chi connectivity index (χ1n) is 7.95. The fourth-order valence-electron chi connectivity index (χ4n) is 2.44. The van der Waals surface area contributed by atoms with Gasteiger partial charge in [0.15, 0.2) is 5.76 Å². The van der Waals surface area contributed by atoms with Crippen molar-refractivity contribution in [2.24, 2.45) is 0 Å². The maximum Gasteiger partial charge on any atom is 0.259 e. The first-order valence-corrected chi connectivity index (χ1v) is 7.95. The molecule has 3 aromatic rings. The standard InChI is InChI=1S/C17H18N4O5/c1-10-15-11(16(23)19-9-14(22)18-5-7-24-2)8-12(13-4-3-6-25-13)20-17(15)26-21-10/h3-4,6,8H,5,7,9H2,1-2H3,(H,18,22)(H,19,23). The summed E-state index contributed by atoms with van der Waals surface area (Å²) in [6.07, 6.45) is 1.51. The van der Waals surface area contributed by atoms with Crippen LogP contribution in [0.4, 0.5) is 0 Å². The third-order valence-corrected chi connectivity index (χ3v) is 3.67. The number of rotatable bonds is 7. The Morgan fingerprint density at radius 3 is 2.88 bits per heavy atom. The van der Waals surface area contributed by atoms with Crippen molar-refractivity contribution in [3.8, 4) is 11.5 Å². The van der Waals surface area contributed by atoms with Crippen LogP contribution in [0.25, 0.3) is 22.6 Å². The maximum absolute atomic E-state index is 12.6. The van der Waals surface area contributed by atoms with Gasteiger partial charge in [-0.2, -0.15) is 0 Å². The number of hydrogen-bond acceptors (Lipinski definition) is 7. The van der Waals surface area contributed by atoms with Crippen molar-refractivity contribution in [1.82, 2.24) is 20.8 Å². The van der Waals surface area contributed by atoms with Crippen LogP contribution in [0.5, 0.6) is 0 Å². The lowest BCUT2D eigenvalue weighted by Crippen LogP contribution is -2.38. The molecule has 0 aromatic carbocycles. The largest absolute Gasteiger partial charge is 0.463 e. The topological polar surface area (TPSA) is 119 Å². The summed E-state index contributed by atoms with van der Waals surface area (Å²) in [5, 5.41) is 9.58. The lowest BCUT2D eigenvalue weighted by molar-refractivity contribution is -0.120. The monoisotopic (exact) mass is 358 g/mol. The van der Waals surface area contributed by atoms with Crippen molar-refractivity contribution in [2.45, 2.75) is 6.92 Å². The van der Waals surface area contributed by atoms with Crippen molar-refractivity contribution in [2.75, 3.05) is 26.8 Å². The van der Waals surface area contributed by atoms with Crippen molar-refractivity contribution in [1.29, 1.82) is 0 Å². The number of nitrogens with zero attached hydrogens (tertiary/aromatic N) is 2. The molecule has 9 heteroatoms. The van der Waals surface area contributed by atoms with Crippen LogP contribution < -0.4 is 10.6 Å². The van der Waals surface area contributed by atoms with Crippen LogP contribution in [0.3, 0.4) is 0 Å². The molecule has 3 heterocycles. The summed E-state index contributed by atoms with van der Waals surface area (Å²) in [6, 6.07) is 5.03. The van der Waals surface area contributed by atoms with E-state index in [-0.39, 0.29) is 18.2 Å². The number of furan rings is 1. The molecule has 136 valence electrons. The number of ether oxygens (including phenoxy) is 1. The van der Waals surface area contributed by atoms with Crippen molar-refractivity contribution in [3.63, 3.8) is 0 Å². The number of carbonyl (C=O) groups excluding carboxylic acids is 2. The Morgan fingerprint density at radius 1 is 1.31 bits per heavy atom. The normalized spacial score (nSPS) is 10.8. The Morgan fingerprint density at radius 2 is 2.15 bits per heavy atom. The molecule has 0 saturated heterocycles. The number of nitrogens with one attached hydrogen (secondary N) is 2. The van der Waals surface area contributed by atoms with E-state index in [4.69, 9.17) is 13.7 Å². The second-order valence-electron chi connectivity index (χ2n) is 5.51. The van der Waals surface area contributed by atoms with Gasteiger partial charge in [0.25, 0.3) is 11.6 Å². The first-order chi connectivity index (χ1) is 12.6. The van der Waals surface area contributed by atoms with Gasteiger partial charge < -0.3 is 24.3 Å². The summed E-state index contributed by atoms with van der Waals surface area (Å²) in [6.45, 7) is 2.33. The molecule has 0 aliphatic carbocycles. The van der Waals surface area contributed by atoms with Gasteiger partial charge in [-0.05, 0) is 25.1 Å². The summed E-state index contributed by atoms with van der Waals surface area (Å²) < 4.78 is 15.4. The number of aryl methyl sites for hydroxylation is 1. The van der Waals surface area contributed by atoms with Gasteiger partial charge in [0.2, 0.25) is 5.91 Å². The van der Waals surface area contributed by atoms with E-state index in [1.54, 1.807) is 32.2 Å². The fraction of sp³-hybridized carbons (Fsp3) is 0.294. The van der Waals surface area contributed by atoms with Crippen LogP contribution in [-0.4, -0.2) is 48.8 Å². The van der Waals surface area contributed by atoms with Gasteiger partial charge in [-0.1, -0.05) is 5.16 Å². The zero-order chi connectivity index (χ0) is 18.5. The van der Waals surface area contributed by atoms with E-state index in [9.17, 15) is 9.59 Å². The van der Waals surface area contributed by atoms with Crippen LogP contribution >= 0.6 is 0 Å². The predicted octanol–water partition coefficient (Wildman–Crippen LogP) is 1.28. The van der Waals surface area contributed by atoms with Crippen LogP contribution in [0, 0.1) is 6.92 Å². The van der Waals surface area contributed by atoms with Gasteiger partial charge in [-0.3, -0.25) is 9.59 Å². The van der Waals surface area contributed by atoms with Crippen molar-refractivity contribution in [3.05, 3.63) is 35.7 Å². The molecule has 3 rings (SSSR count). The molecule has 3 aromatic heterocycles. The molecule has 0 aliphatic rings. The number of carbonyl (C=O) groups is 2. The van der Waals surface area contributed by atoms with Gasteiger partial charge in [0.1, 0.15) is 5.69 Å². The number of methoxy groups -OCH3 is 1. The second kappa shape index (κ2) is 7.79. The van der Waals surface area contributed by atoms with E-state index in [2.05, 4.69) is 20.8 Å². The second-order valence-corrected chi connectivity index (χ2v) is 5.51. The summed E-state index contributed by atoms with van der Waals surface area (Å²) in [7, 11) is 1.54. The van der Waals surface area contributed by atoms with E-state index in [0.717, 1.165) is 0 Å². The zero-order valence-corrected chi connectivity index (χ0v) is 14.4. The number of fused-ring (bicyclic) bond motifs is 1. The van der Waals surface area contributed by atoms with E-state index in [0.29, 0.717) is 41.2 Å². The summed E-state index contributed by atoms with van der Waals surface area (Å²) >= 11 is 0. The van der Waals surface area contributed by atoms with E-state index in [1.807, 2.05) is 0 Å². The Labute approximate surface area is 148 Å². The van der Waals surface area contributed by atoms with Crippen LogP contribution in [0.15, 0.2) is 33.4 Å². The molecule has 0 unspecified atom stereocenters. The molecule has 0 atom stereocenters. The minimum Gasteiger partial charge on any atom is -0.463 e. The minimum atomic E-state index is -0.432. The molecule has 0 aliphatic heterocycles. The molecular weight excluding hydrogens is 340 g/mol. The van der Waals surface area contributed by atoms with Crippen molar-refractivity contribution < 1.29 is 23.3 Å². The Kier molecular flexibility index (Phi) is 5.28. The summed E-state index contributed by atoms with van der Waals surface area (Å²) in [4.78, 5) is 28.7. The molecule has 0 radical (unpaired) electrons. The average Bonchev–Trinajstić information content (AvgIpc) is 3.29. The van der Waals surface area contributed by atoms with Gasteiger partial charge >= 0.3 is 0 Å². The smallest absolute Gasteiger partial charge is 0.259 e.